The van der Waals surface area contributed by atoms with Crippen LogP contribution in [0.25, 0.3) is 0 Å². The summed E-state index contributed by atoms with van der Waals surface area (Å²) in [6.07, 6.45) is 3.48. The number of hydrogen-bond donors (Lipinski definition) is 1. The molecule has 1 aromatic heterocycles. The first-order chi connectivity index (χ1) is 13.1. The Hall–Kier alpha value is -2.25. The maximum atomic E-state index is 12.8. The Bertz CT molecular complexity index is 741. The van der Waals surface area contributed by atoms with Gasteiger partial charge >= 0.3 is 5.97 Å². The van der Waals surface area contributed by atoms with Gasteiger partial charge in [-0.2, -0.15) is 0 Å². The topological polar surface area (TPSA) is 71.5 Å². The molecule has 0 saturated carbocycles. The van der Waals surface area contributed by atoms with E-state index < -0.39 is 5.41 Å². The quantitative estimate of drug-likeness (QED) is 0.740. The van der Waals surface area contributed by atoms with Crippen LogP contribution in [0.3, 0.4) is 0 Å². The third-order valence-corrected chi connectivity index (χ3v) is 5.72. The van der Waals surface area contributed by atoms with E-state index in [1.165, 1.54) is 11.3 Å². The highest BCUT2D eigenvalue weighted by atomic mass is 32.1. The van der Waals surface area contributed by atoms with Gasteiger partial charge in [0.15, 0.2) is 5.13 Å². The Morgan fingerprint density at radius 1 is 1.26 bits per heavy atom. The van der Waals surface area contributed by atoms with E-state index in [1.807, 2.05) is 42.6 Å². The smallest absolute Gasteiger partial charge is 0.316 e. The molecule has 1 aliphatic rings. The number of esters is 1. The molecule has 6 nitrogen and oxygen atoms in total. The van der Waals surface area contributed by atoms with Crippen molar-refractivity contribution in [3.05, 3.63) is 47.5 Å². The second-order valence-electron chi connectivity index (χ2n) is 6.65. The van der Waals surface area contributed by atoms with E-state index in [0.29, 0.717) is 37.5 Å². The van der Waals surface area contributed by atoms with Crippen molar-refractivity contribution in [3.8, 4) is 0 Å². The van der Waals surface area contributed by atoms with Crippen LogP contribution in [0, 0.1) is 0 Å². The number of amides is 1. The standard InChI is InChI=1S/C20H25N3O3S/c1-2-26-18(25)20(16-6-4-3-5-7-16)9-13-23(14-10-20)12-8-17(24)22-19-21-11-15-27-19/h3-7,11,15H,2,8-10,12-14H2,1H3,(H,21,22,24). The second kappa shape index (κ2) is 9.10. The number of aromatic nitrogens is 1. The molecule has 27 heavy (non-hydrogen) atoms. The maximum absolute atomic E-state index is 12.8. The van der Waals surface area contributed by atoms with Crippen molar-refractivity contribution in [2.45, 2.75) is 31.6 Å². The molecular weight excluding hydrogens is 362 g/mol. The third kappa shape index (κ3) is 4.73. The molecule has 7 heteroatoms. The van der Waals surface area contributed by atoms with Crippen molar-refractivity contribution in [1.82, 2.24) is 9.88 Å². The summed E-state index contributed by atoms with van der Waals surface area (Å²) in [5, 5.41) is 5.27. The van der Waals surface area contributed by atoms with Crippen LogP contribution < -0.4 is 5.32 Å². The van der Waals surface area contributed by atoms with Gasteiger partial charge in [-0.15, -0.1) is 11.3 Å². The van der Waals surface area contributed by atoms with Gasteiger partial charge < -0.3 is 15.0 Å². The highest BCUT2D eigenvalue weighted by molar-refractivity contribution is 7.13. The zero-order valence-corrected chi connectivity index (χ0v) is 16.3. The van der Waals surface area contributed by atoms with E-state index >= 15 is 0 Å². The van der Waals surface area contributed by atoms with Gasteiger partial charge in [-0.1, -0.05) is 30.3 Å². The molecule has 1 aromatic carbocycles. The van der Waals surface area contributed by atoms with E-state index in [4.69, 9.17) is 4.74 Å². The number of nitrogens with one attached hydrogen (secondary N) is 1. The summed E-state index contributed by atoms with van der Waals surface area (Å²) in [6, 6.07) is 9.90. The van der Waals surface area contributed by atoms with Crippen LogP contribution in [0.4, 0.5) is 5.13 Å². The number of piperidine rings is 1. The van der Waals surface area contributed by atoms with Crippen LogP contribution in [0.15, 0.2) is 41.9 Å². The highest BCUT2D eigenvalue weighted by Crippen LogP contribution is 2.37. The second-order valence-corrected chi connectivity index (χ2v) is 7.54. The monoisotopic (exact) mass is 387 g/mol. The summed E-state index contributed by atoms with van der Waals surface area (Å²) in [4.78, 5) is 31.1. The SMILES string of the molecule is CCOC(=O)C1(c2ccccc2)CCN(CCC(=O)Nc2nccs2)CC1. The van der Waals surface area contributed by atoms with Crippen molar-refractivity contribution in [2.75, 3.05) is 31.6 Å². The number of carbonyl (C=O) groups excluding carboxylic acids is 2. The average molecular weight is 388 g/mol. The molecule has 1 amide bonds. The molecule has 0 atom stereocenters. The van der Waals surface area contributed by atoms with E-state index in [0.717, 1.165) is 18.7 Å². The number of ether oxygens (including phenoxy) is 1. The van der Waals surface area contributed by atoms with E-state index in [-0.39, 0.29) is 11.9 Å². The number of anilines is 1. The van der Waals surface area contributed by atoms with Crippen LogP contribution in [0.2, 0.25) is 0 Å². The molecule has 0 aliphatic carbocycles. The summed E-state index contributed by atoms with van der Waals surface area (Å²) >= 11 is 1.41. The molecule has 0 unspecified atom stereocenters. The number of carbonyl (C=O) groups is 2. The summed E-state index contributed by atoms with van der Waals surface area (Å²) in [5.74, 6) is -0.174. The van der Waals surface area contributed by atoms with Crippen molar-refractivity contribution in [2.24, 2.45) is 0 Å². The van der Waals surface area contributed by atoms with Gasteiger partial charge in [0, 0.05) is 24.5 Å². The van der Waals surface area contributed by atoms with Gasteiger partial charge in [0.2, 0.25) is 5.91 Å². The summed E-state index contributed by atoms with van der Waals surface area (Å²) in [5.41, 5.74) is 0.432. The molecule has 1 aliphatic heterocycles. The van der Waals surface area contributed by atoms with Crippen molar-refractivity contribution in [3.63, 3.8) is 0 Å². The fourth-order valence-electron chi connectivity index (χ4n) is 3.52. The molecule has 1 N–H and O–H groups in total. The van der Waals surface area contributed by atoms with E-state index in [1.54, 1.807) is 6.20 Å². The number of rotatable bonds is 7. The predicted molar refractivity (Wildman–Crippen MR) is 106 cm³/mol. The van der Waals surface area contributed by atoms with Gasteiger partial charge in [0.05, 0.1) is 12.0 Å². The van der Waals surface area contributed by atoms with Crippen LogP contribution in [0.1, 0.15) is 31.7 Å². The lowest BCUT2D eigenvalue weighted by Crippen LogP contribution is -2.48. The molecule has 0 bridgehead atoms. The van der Waals surface area contributed by atoms with Crippen LogP contribution in [-0.4, -0.2) is 48.0 Å². The Balaban J connectivity index is 1.57. The van der Waals surface area contributed by atoms with E-state index in [9.17, 15) is 9.59 Å². The molecule has 1 saturated heterocycles. The van der Waals surface area contributed by atoms with Gasteiger partial charge in [0.25, 0.3) is 0 Å². The summed E-state index contributed by atoms with van der Waals surface area (Å²) in [7, 11) is 0. The first-order valence-corrected chi connectivity index (χ1v) is 10.2. The highest BCUT2D eigenvalue weighted by Gasteiger charge is 2.44. The van der Waals surface area contributed by atoms with Crippen LogP contribution in [-0.2, 0) is 19.7 Å². The Morgan fingerprint density at radius 2 is 2.00 bits per heavy atom. The third-order valence-electron chi connectivity index (χ3n) is 5.04. The Labute approximate surface area is 163 Å². The maximum Gasteiger partial charge on any atom is 0.316 e. The van der Waals surface area contributed by atoms with Crippen molar-refractivity contribution < 1.29 is 14.3 Å². The zero-order chi connectivity index (χ0) is 19.1. The van der Waals surface area contributed by atoms with Crippen molar-refractivity contribution in [1.29, 1.82) is 0 Å². The first-order valence-electron chi connectivity index (χ1n) is 9.28. The largest absolute Gasteiger partial charge is 0.465 e. The molecule has 1 fully saturated rings. The Kier molecular flexibility index (Phi) is 6.58. The van der Waals surface area contributed by atoms with Gasteiger partial charge in [0.1, 0.15) is 0 Å². The molecular formula is C20H25N3O3S. The molecule has 2 aromatic rings. The number of benzene rings is 1. The molecule has 144 valence electrons. The minimum absolute atomic E-state index is 0.0322. The number of thiazole rings is 1. The lowest BCUT2D eigenvalue weighted by Gasteiger charge is -2.40. The molecule has 0 radical (unpaired) electrons. The number of hydrogen-bond acceptors (Lipinski definition) is 6. The average Bonchev–Trinajstić information content (AvgIpc) is 3.20. The van der Waals surface area contributed by atoms with E-state index in [2.05, 4.69) is 15.2 Å². The molecule has 3 rings (SSSR count). The fourth-order valence-corrected chi connectivity index (χ4v) is 4.07. The van der Waals surface area contributed by atoms with Gasteiger partial charge in [-0.05, 0) is 38.4 Å². The lowest BCUT2D eigenvalue weighted by atomic mass is 9.72. The summed E-state index contributed by atoms with van der Waals surface area (Å²) < 4.78 is 5.40. The zero-order valence-electron chi connectivity index (χ0n) is 15.5. The Morgan fingerprint density at radius 3 is 2.63 bits per heavy atom. The fraction of sp³-hybridized carbons (Fsp3) is 0.450. The lowest BCUT2D eigenvalue weighted by molar-refractivity contribution is -0.152. The van der Waals surface area contributed by atoms with Gasteiger partial charge in [-0.25, -0.2) is 4.98 Å². The number of nitrogens with zero attached hydrogens (tertiary/aromatic N) is 2. The normalized spacial score (nSPS) is 16.6. The minimum Gasteiger partial charge on any atom is -0.465 e. The molecule has 2 heterocycles. The number of likely N-dealkylation sites (tertiary alicyclic amines) is 1. The van der Waals surface area contributed by atoms with Crippen LogP contribution in [0.5, 0.6) is 0 Å². The van der Waals surface area contributed by atoms with Crippen molar-refractivity contribution >= 4 is 28.3 Å². The minimum atomic E-state index is -0.586. The van der Waals surface area contributed by atoms with Gasteiger partial charge in [-0.3, -0.25) is 9.59 Å². The first kappa shape index (κ1) is 19.5. The predicted octanol–water partition coefficient (Wildman–Crippen LogP) is 3.07. The van der Waals surface area contributed by atoms with Crippen LogP contribution >= 0.6 is 11.3 Å². The molecule has 0 spiro atoms. The summed E-state index contributed by atoms with van der Waals surface area (Å²) in [6.45, 7) is 4.42.